The SMILES string of the molecule is Cc1[nH]nc(-c2ccc(S(=O)(=O)Nc3ccc(S(N)(=O)=O)cc3)s2)c1C. The Labute approximate surface area is 155 Å². The van der Waals surface area contributed by atoms with E-state index >= 15 is 0 Å². The zero-order valence-corrected chi connectivity index (χ0v) is 16.3. The summed E-state index contributed by atoms with van der Waals surface area (Å²) in [6.45, 7) is 3.80. The predicted octanol–water partition coefficient (Wildman–Crippen LogP) is 2.20. The van der Waals surface area contributed by atoms with Gasteiger partial charge in [0, 0.05) is 11.4 Å². The summed E-state index contributed by atoms with van der Waals surface area (Å²) < 4.78 is 50.1. The third-order valence-corrected chi connectivity index (χ3v) is 7.66. The van der Waals surface area contributed by atoms with Gasteiger partial charge in [0.2, 0.25) is 10.0 Å². The van der Waals surface area contributed by atoms with Gasteiger partial charge in [0.25, 0.3) is 10.0 Å². The number of thiophene rings is 1. The second-order valence-electron chi connectivity index (χ2n) is 5.62. The molecular formula is C15H16N4O4S3. The molecule has 3 rings (SSSR count). The van der Waals surface area contributed by atoms with E-state index in [2.05, 4.69) is 14.9 Å². The number of nitrogens with two attached hydrogens (primary N) is 1. The largest absolute Gasteiger partial charge is 0.282 e. The van der Waals surface area contributed by atoms with Crippen molar-refractivity contribution in [3.05, 3.63) is 47.7 Å². The van der Waals surface area contributed by atoms with Crippen molar-refractivity contribution >= 4 is 37.1 Å². The Kier molecular flexibility index (Phi) is 4.65. The third kappa shape index (κ3) is 3.65. The minimum atomic E-state index is -3.83. The summed E-state index contributed by atoms with van der Waals surface area (Å²) in [7, 11) is -7.63. The molecule has 0 radical (unpaired) electrons. The van der Waals surface area contributed by atoms with Crippen molar-refractivity contribution in [1.29, 1.82) is 0 Å². The number of benzene rings is 1. The first-order chi connectivity index (χ1) is 12.1. The molecule has 26 heavy (non-hydrogen) atoms. The molecule has 0 saturated carbocycles. The van der Waals surface area contributed by atoms with E-state index in [-0.39, 0.29) is 14.8 Å². The van der Waals surface area contributed by atoms with Gasteiger partial charge in [-0.2, -0.15) is 5.10 Å². The normalized spacial score (nSPS) is 12.3. The second-order valence-corrected chi connectivity index (χ2v) is 10.2. The first-order valence-corrected chi connectivity index (χ1v) is 11.2. The van der Waals surface area contributed by atoms with Crippen LogP contribution in [-0.4, -0.2) is 27.0 Å². The number of hydrogen-bond donors (Lipinski definition) is 3. The lowest BCUT2D eigenvalue weighted by Gasteiger charge is -2.06. The van der Waals surface area contributed by atoms with Crippen LogP contribution in [0.5, 0.6) is 0 Å². The van der Waals surface area contributed by atoms with Gasteiger partial charge in [-0.25, -0.2) is 22.0 Å². The highest BCUT2D eigenvalue weighted by molar-refractivity contribution is 7.94. The molecular weight excluding hydrogens is 396 g/mol. The van der Waals surface area contributed by atoms with Gasteiger partial charge in [-0.05, 0) is 55.8 Å². The fourth-order valence-corrected chi connectivity index (χ4v) is 5.16. The van der Waals surface area contributed by atoms with Crippen molar-refractivity contribution in [2.24, 2.45) is 5.14 Å². The summed E-state index contributed by atoms with van der Waals surface area (Å²) in [6.07, 6.45) is 0. The molecule has 4 N–H and O–H groups in total. The maximum atomic E-state index is 12.5. The summed E-state index contributed by atoms with van der Waals surface area (Å²) in [5, 5.41) is 12.1. The summed E-state index contributed by atoms with van der Waals surface area (Å²) >= 11 is 1.10. The minimum Gasteiger partial charge on any atom is -0.282 e. The summed E-state index contributed by atoms with van der Waals surface area (Å²) in [5.41, 5.74) is 2.83. The Morgan fingerprint density at radius 2 is 1.69 bits per heavy atom. The van der Waals surface area contributed by atoms with E-state index in [9.17, 15) is 16.8 Å². The number of primary sulfonamides is 1. The van der Waals surface area contributed by atoms with Crippen molar-refractivity contribution in [2.75, 3.05) is 4.72 Å². The fraction of sp³-hybridized carbons (Fsp3) is 0.133. The zero-order valence-electron chi connectivity index (χ0n) is 13.8. The molecule has 1 aromatic carbocycles. The number of sulfonamides is 2. The lowest BCUT2D eigenvalue weighted by Crippen LogP contribution is -2.13. The van der Waals surface area contributed by atoms with Gasteiger partial charge >= 0.3 is 0 Å². The average Bonchev–Trinajstić information content (AvgIpc) is 3.15. The smallest absolute Gasteiger partial charge is 0.271 e. The molecule has 138 valence electrons. The Morgan fingerprint density at radius 3 is 2.23 bits per heavy atom. The molecule has 8 nitrogen and oxygen atoms in total. The van der Waals surface area contributed by atoms with Crippen molar-refractivity contribution in [3.8, 4) is 10.6 Å². The molecule has 0 bridgehead atoms. The van der Waals surface area contributed by atoms with Crippen LogP contribution in [0.2, 0.25) is 0 Å². The molecule has 0 amide bonds. The van der Waals surface area contributed by atoms with Crippen molar-refractivity contribution in [1.82, 2.24) is 10.2 Å². The molecule has 0 aliphatic rings. The Hall–Kier alpha value is -2.21. The van der Waals surface area contributed by atoms with Crippen LogP contribution in [0, 0.1) is 13.8 Å². The second kappa shape index (κ2) is 6.50. The van der Waals surface area contributed by atoms with Gasteiger partial charge < -0.3 is 0 Å². The molecule has 0 saturated heterocycles. The maximum Gasteiger partial charge on any atom is 0.271 e. The number of anilines is 1. The summed E-state index contributed by atoms with van der Waals surface area (Å²) in [6, 6.07) is 8.36. The van der Waals surface area contributed by atoms with Crippen LogP contribution in [0.1, 0.15) is 11.3 Å². The molecule has 3 aromatic rings. The number of aromatic amines is 1. The molecule has 11 heteroatoms. The number of aryl methyl sites for hydroxylation is 1. The van der Waals surface area contributed by atoms with Crippen LogP contribution in [0.25, 0.3) is 10.6 Å². The standard InChI is InChI=1S/C15H16N4O4S3/c1-9-10(2)17-18-15(9)13-7-8-14(24-13)26(22,23)19-11-3-5-12(6-4-11)25(16,20)21/h3-8,19H,1-2H3,(H,17,18)(H2,16,20,21). The fourth-order valence-electron chi connectivity index (χ4n) is 2.23. The van der Waals surface area contributed by atoms with Crippen molar-refractivity contribution in [2.45, 2.75) is 23.0 Å². The number of H-pyrrole nitrogens is 1. The number of hydrogen-bond acceptors (Lipinski definition) is 6. The molecule has 0 aliphatic carbocycles. The molecule has 0 unspecified atom stereocenters. The molecule has 0 atom stereocenters. The van der Waals surface area contributed by atoms with E-state index in [0.29, 0.717) is 5.69 Å². The Balaban J connectivity index is 1.86. The first kappa shape index (κ1) is 18.6. The first-order valence-electron chi connectivity index (χ1n) is 7.35. The molecule has 2 aromatic heterocycles. The molecule has 0 fully saturated rings. The lowest BCUT2D eigenvalue weighted by molar-refractivity contribution is 0.597. The highest BCUT2D eigenvalue weighted by Gasteiger charge is 2.20. The average molecular weight is 413 g/mol. The van der Waals surface area contributed by atoms with Gasteiger partial charge in [-0.1, -0.05) is 0 Å². The topological polar surface area (TPSA) is 135 Å². The van der Waals surface area contributed by atoms with Crippen LogP contribution in [-0.2, 0) is 20.0 Å². The van der Waals surface area contributed by atoms with Crippen molar-refractivity contribution in [3.63, 3.8) is 0 Å². The van der Waals surface area contributed by atoms with E-state index in [0.717, 1.165) is 27.5 Å². The molecule has 2 heterocycles. The van der Waals surface area contributed by atoms with E-state index in [1.807, 2.05) is 13.8 Å². The van der Waals surface area contributed by atoms with Gasteiger partial charge in [-0.15, -0.1) is 11.3 Å². The number of aromatic nitrogens is 2. The maximum absolute atomic E-state index is 12.5. The molecule has 0 aliphatic heterocycles. The van der Waals surface area contributed by atoms with Crippen molar-refractivity contribution < 1.29 is 16.8 Å². The van der Waals surface area contributed by atoms with Gasteiger partial charge in [0.15, 0.2) is 0 Å². The zero-order chi connectivity index (χ0) is 19.1. The highest BCUT2D eigenvalue weighted by Crippen LogP contribution is 2.33. The van der Waals surface area contributed by atoms with Crippen LogP contribution in [0.15, 0.2) is 45.5 Å². The Bertz CT molecular complexity index is 1160. The van der Waals surface area contributed by atoms with Gasteiger partial charge in [-0.3, -0.25) is 9.82 Å². The summed E-state index contributed by atoms with van der Waals surface area (Å²) in [4.78, 5) is 0.639. The highest BCUT2D eigenvalue weighted by atomic mass is 32.2. The van der Waals surface area contributed by atoms with Crippen LogP contribution in [0.4, 0.5) is 5.69 Å². The Morgan fingerprint density at radius 1 is 1.04 bits per heavy atom. The van der Waals surface area contributed by atoms with E-state index in [4.69, 9.17) is 5.14 Å². The van der Waals surface area contributed by atoms with Crippen LogP contribution in [0.3, 0.4) is 0 Å². The van der Waals surface area contributed by atoms with Gasteiger partial charge in [0.05, 0.1) is 9.77 Å². The molecule has 0 spiro atoms. The third-order valence-electron chi connectivity index (χ3n) is 3.77. The van der Waals surface area contributed by atoms with E-state index < -0.39 is 20.0 Å². The quantitative estimate of drug-likeness (QED) is 0.590. The van der Waals surface area contributed by atoms with E-state index in [1.54, 1.807) is 6.07 Å². The van der Waals surface area contributed by atoms with Gasteiger partial charge in [0.1, 0.15) is 9.90 Å². The lowest BCUT2D eigenvalue weighted by atomic mass is 10.2. The summed E-state index contributed by atoms with van der Waals surface area (Å²) in [5.74, 6) is 0. The van der Waals surface area contributed by atoms with E-state index in [1.165, 1.54) is 30.3 Å². The minimum absolute atomic E-state index is 0.0942. The number of nitrogens with one attached hydrogen (secondary N) is 2. The van der Waals surface area contributed by atoms with Crippen LogP contribution >= 0.6 is 11.3 Å². The van der Waals surface area contributed by atoms with Crippen LogP contribution < -0.4 is 9.86 Å². The number of rotatable bonds is 5. The monoisotopic (exact) mass is 412 g/mol. The number of nitrogens with zero attached hydrogens (tertiary/aromatic N) is 1. The predicted molar refractivity (Wildman–Crippen MR) is 100.0 cm³/mol.